The molecule has 1 saturated heterocycles. The van der Waals surface area contributed by atoms with Crippen LogP contribution in [0, 0.1) is 17.8 Å². The largest absolute Gasteiger partial charge is 0.467 e. The van der Waals surface area contributed by atoms with Gasteiger partial charge < -0.3 is 35.4 Å². The number of carbonyl (C=O) groups is 5. The number of amides is 4. The van der Waals surface area contributed by atoms with Crippen LogP contribution in [0.4, 0.5) is 4.79 Å². The second kappa shape index (κ2) is 18.0. The van der Waals surface area contributed by atoms with Gasteiger partial charge in [0.1, 0.15) is 23.7 Å². The lowest BCUT2D eigenvalue weighted by molar-refractivity contribution is -0.152. The summed E-state index contributed by atoms with van der Waals surface area (Å²) >= 11 is 0. The van der Waals surface area contributed by atoms with Crippen molar-refractivity contribution in [1.29, 1.82) is 0 Å². The lowest BCUT2D eigenvalue weighted by Gasteiger charge is -2.32. The number of aliphatic hydroxyl groups is 1. The molecule has 47 heavy (non-hydrogen) atoms. The van der Waals surface area contributed by atoms with E-state index in [2.05, 4.69) is 16.0 Å². The predicted octanol–water partition coefficient (Wildman–Crippen LogP) is 3.35. The van der Waals surface area contributed by atoms with Crippen molar-refractivity contribution < 1.29 is 38.6 Å². The fourth-order valence-corrected chi connectivity index (χ4v) is 5.60. The van der Waals surface area contributed by atoms with Crippen LogP contribution in [-0.4, -0.2) is 89.3 Å². The standard InChI is InChI=1S/C35H56N4O8/c1-10-22(4)29(32(43)39-18-14-17-26(39)33(44)46-9)37-30(41)23(5)19-27(40)25(20-24-15-12-11-13-16-24)36-31(42)28(21(2)3)38-34(45)47-35(6,7)8/h11-13,15-16,21-23,25-29,40H,10,14,17-20H2,1-9H3,(H,36,42)(H,37,41)(H,38,45)/t22?,23-,25+,26+,27+,28+,29+/m1/s1. The molecule has 0 spiro atoms. The summed E-state index contributed by atoms with van der Waals surface area (Å²) in [7, 11) is 1.29. The highest BCUT2D eigenvalue weighted by molar-refractivity contribution is 5.92. The first-order valence-corrected chi connectivity index (χ1v) is 16.7. The minimum absolute atomic E-state index is 0.00856. The normalized spacial score (nSPS) is 18.7. The first-order chi connectivity index (χ1) is 22.0. The smallest absolute Gasteiger partial charge is 0.408 e. The number of nitrogens with one attached hydrogen (secondary N) is 3. The number of ether oxygens (including phenoxy) is 2. The molecule has 0 saturated carbocycles. The molecule has 0 radical (unpaired) electrons. The summed E-state index contributed by atoms with van der Waals surface area (Å²) in [5.74, 6) is -2.95. The molecule has 1 fully saturated rings. The van der Waals surface area contributed by atoms with Gasteiger partial charge in [-0.15, -0.1) is 0 Å². The molecule has 0 aromatic heterocycles. The average molecular weight is 661 g/mol. The van der Waals surface area contributed by atoms with E-state index in [1.807, 2.05) is 44.2 Å². The van der Waals surface area contributed by atoms with Crippen molar-refractivity contribution in [2.24, 2.45) is 17.8 Å². The average Bonchev–Trinajstić information content (AvgIpc) is 3.50. The Morgan fingerprint density at radius 1 is 0.957 bits per heavy atom. The van der Waals surface area contributed by atoms with Crippen LogP contribution >= 0.6 is 0 Å². The summed E-state index contributed by atoms with van der Waals surface area (Å²) in [6, 6.07) is 6.07. The third-order valence-electron chi connectivity index (χ3n) is 8.54. The molecule has 1 heterocycles. The van der Waals surface area contributed by atoms with Crippen molar-refractivity contribution in [3.05, 3.63) is 35.9 Å². The van der Waals surface area contributed by atoms with Gasteiger partial charge in [-0.3, -0.25) is 14.4 Å². The number of hydrogen-bond donors (Lipinski definition) is 4. The molecule has 12 nitrogen and oxygen atoms in total. The van der Waals surface area contributed by atoms with Gasteiger partial charge in [-0.05, 0) is 63.9 Å². The van der Waals surface area contributed by atoms with Crippen molar-refractivity contribution in [2.45, 2.75) is 123 Å². The summed E-state index contributed by atoms with van der Waals surface area (Å²) in [5.41, 5.74) is 0.115. The molecule has 7 atom stereocenters. The number of benzene rings is 1. The van der Waals surface area contributed by atoms with Gasteiger partial charge in [0, 0.05) is 12.5 Å². The molecule has 4 amide bonds. The van der Waals surface area contributed by atoms with Crippen molar-refractivity contribution in [3.63, 3.8) is 0 Å². The maximum atomic E-state index is 13.6. The first-order valence-electron chi connectivity index (χ1n) is 16.7. The van der Waals surface area contributed by atoms with Gasteiger partial charge in [0.2, 0.25) is 17.7 Å². The minimum Gasteiger partial charge on any atom is -0.467 e. The van der Waals surface area contributed by atoms with Crippen LogP contribution in [0.1, 0.15) is 86.6 Å². The molecule has 1 aromatic rings. The Hall–Kier alpha value is -3.67. The zero-order chi connectivity index (χ0) is 35.5. The van der Waals surface area contributed by atoms with E-state index in [0.29, 0.717) is 25.8 Å². The molecule has 1 unspecified atom stereocenters. The molecule has 4 N–H and O–H groups in total. The summed E-state index contributed by atoms with van der Waals surface area (Å²) in [6.45, 7) is 14.6. The number of nitrogens with zero attached hydrogens (tertiary/aromatic N) is 1. The van der Waals surface area contributed by atoms with Crippen LogP contribution in [0.3, 0.4) is 0 Å². The number of methoxy groups -OCH3 is 1. The molecule has 264 valence electrons. The van der Waals surface area contributed by atoms with Crippen molar-refractivity contribution in [1.82, 2.24) is 20.9 Å². The zero-order valence-electron chi connectivity index (χ0n) is 29.5. The van der Waals surface area contributed by atoms with E-state index < -0.39 is 65.7 Å². The van der Waals surface area contributed by atoms with E-state index in [9.17, 15) is 29.1 Å². The van der Waals surface area contributed by atoms with Crippen molar-refractivity contribution >= 4 is 29.8 Å². The highest BCUT2D eigenvalue weighted by Crippen LogP contribution is 2.23. The van der Waals surface area contributed by atoms with Crippen LogP contribution in [-0.2, 0) is 35.1 Å². The molecule has 12 heteroatoms. The number of rotatable bonds is 15. The van der Waals surface area contributed by atoms with E-state index >= 15 is 0 Å². The summed E-state index contributed by atoms with van der Waals surface area (Å²) in [6.07, 6.45) is 0.173. The van der Waals surface area contributed by atoms with E-state index in [0.717, 1.165) is 5.56 Å². The van der Waals surface area contributed by atoms with Gasteiger partial charge in [0.25, 0.3) is 0 Å². The maximum Gasteiger partial charge on any atom is 0.408 e. The van der Waals surface area contributed by atoms with Crippen molar-refractivity contribution in [3.8, 4) is 0 Å². The molecule has 2 rings (SSSR count). The number of likely N-dealkylation sites (tertiary alicyclic amines) is 1. The molecule has 0 aliphatic carbocycles. The van der Waals surface area contributed by atoms with Gasteiger partial charge in [0.05, 0.1) is 19.3 Å². The third-order valence-corrected chi connectivity index (χ3v) is 8.54. The Morgan fingerprint density at radius 2 is 1.60 bits per heavy atom. The minimum atomic E-state index is -1.14. The van der Waals surface area contributed by atoms with Gasteiger partial charge in [-0.2, -0.15) is 0 Å². The van der Waals surface area contributed by atoms with E-state index in [1.165, 1.54) is 12.0 Å². The highest BCUT2D eigenvalue weighted by atomic mass is 16.6. The molecular weight excluding hydrogens is 604 g/mol. The molecule has 0 bridgehead atoms. The fraction of sp³-hybridized carbons (Fsp3) is 0.686. The number of aliphatic hydroxyl groups excluding tert-OH is 1. The Bertz CT molecular complexity index is 1200. The second-order valence-electron chi connectivity index (χ2n) is 14.0. The van der Waals surface area contributed by atoms with Gasteiger partial charge in [0.15, 0.2) is 0 Å². The quantitative estimate of drug-likeness (QED) is 0.208. The molecule has 1 aromatic carbocycles. The fourth-order valence-electron chi connectivity index (χ4n) is 5.60. The van der Waals surface area contributed by atoms with Gasteiger partial charge >= 0.3 is 12.1 Å². The topological polar surface area (TPSA) is 163 Å². The number of carbonyl (C=O) groups excluding carboxylic acids is 5. The van der Waals surface area contributed by atoms with E-state index in [4.69, 9.17) is 9.47 Å². The number of hydrogen-bond acceptors (Lipinski definition) is 8. The van der Waals surface area contributed by atoms with E-state index in [1.54, 1.807) is 41.5 Å². The monoisotopic (exact) mass is 660 g/mol. The second-order valence-corrected chi connectivity index (χ2v) is 14.0. The predicted molar refractivity (Wildman–Crippen MR) is 178 cm³/mol. The third kappa shape index (κ3) is 12.1. The Kier molecular flexibility index (Phi) is 15.2. The van der Waals surface area contributed by atoms with Crippen LogP contribution in [0.25, 0.3) is 0 Å². The maximum absolute atomic E-state index is 13.6. The summed E-state index contributed by atoms with van der Waals surface area (Å²) in [4.78, 5) is 67.0. The SMILES string of the molecule is CCC(C)[C@H](NC(=O)[C@H](C)C[C@H](O)[C@H](Cc1ccccc1)NC(=O)[C@@H](NC(=O)OC(C)(C)C)C(C)C)C(=O)N1CCC[C@H]1C(=O)OC. The number of esters is 1. The van der Waals surface area contributed by atoms with Crippen LogP contribution in [0.2, 0.25) is 0 Å². The van der Waals surface area contributed by atoms with Gasteiger partial charge in [-0.1, -0.05) is 71.4 Å². The van der Waals surface area contributed by atoms with Crippen LogP contribution < -0.4 is 16.0 Å². The summed E-state index contributed by atoms with van der Waals surface area (Å²) in [5, 5.41) is 19.9. The molecule has 1 aliphatic heterocycles. The Balaban J connectivity index is 2.21. The van der Waals surface area contributed by atoms with E-state index in [-0.39, 0.29) is 30.6 Å². The lowest BCUT2D eigenvalue weighted by Crippen LogP contribution is -2.56. The Morgan fingerprint density at radius 3 is 2.15 bits per heavy atom. The zero-order valence-corrected chi connectivity index (χ0v) is 29.5. The van der Waals surface area contributed by atoms with Crippen molar-refractivity contribution in [2.75, 3.05) is 13.7 Å². The van der Waals surface area contributed by atoms with Crippen LogP contribution in [0.15, 0.2) is 30.3 Å². The number of alkyl carbamates (subject to hydrolysis) is 1. The van der Waals surface area contributed by atoms with Crippen LogP contribution in [0.5, 0.6) is 0 Å². The highest BCUT2D eigenvalue weighted by Gasteiger charge is 2.40. The molecule has 1 aliphatic rings. The first kappa shape index (κ1) is 39.5. The Labute approximate surface area is 279 Å². The van der Waals surface area contributed by atoms with Gasteiger partial charge in [-0.25, -0.2) is 9.59 Å². The summed E-state index contributed by atoms with van der Waals surface area (Å²) < 4.78 is 10.2. The molecular formula is C35H56N4O8. The lowest BCUT2D eigenvalue weighted by atomic mass is 9.92.